The van der Waals surface area contributed by atoms with Crippen LogP contribution in [0.4, 0.5) is 17.1 Å². The van der Waals surface area contributed by atoms with Crippen molar-refractivity contribution < 1.29 is 0 Å². The molecule has 4 aromatic carbocycles. The molecule has 0 saturated carbocycles. The lowest BCUT2D eigenvalue weighted by Gasteiger charge is -2.21. The highest BCUT2D eigenvalue weighted by Crippen LogP contribution is 2.32. The van der Waals surface area contributed by atoms with E-state index < -0.39 is 0 Å². The van der Waals surface area contributed by atoms with Crippen molar-refractivity contribution in [3.05, 3.63) is 103 Å². The lowest BCUT2D eigenvalue weighted by molar-refractivity contribution is 1.10. The van der Waals surface area contributed by atoms with Crippen molar-refractivity contribution in [3.63, 3.8) is 0 Å². The maximum absolute atomic E-state index is 4.85. The molecule has 3 nitrogen and oxygen atoms in total. The predicted octanol–water partition coefficient (Wildman–Crippen LogP) is 6.44. The Kier molecular flexibility index (Phi) is 5.34. The van der Waals surface area contributed by atoms with Gasteiger partial charge in [0.2, 0.25) is 0 Å². The van der Waals surface area contributed by atoms with E-state index in [1.165, 1.54) is 10.8 Å². The van der Waals surface area contributed by atoms with Gasteiger partial charge in [-0.1, -0.05) is 66.7 Å². The Morgan fingerprint density at radius 1 is 0.786 bits per heavy atom. The molecule has 0 saturated heterocycles. The largest absolute Gasteiger partial charge is 0.385 e. The van der Waals surface area contributed by atoms with E-state index >= 15 is 0 Å². The third-order valence-electron chi connectivity index (χ3n) is 4.61. The van der Waals surface area contributed by atoms with Crippen LogP contribution >= 0.6 is 0 Å². The summed E-state index contributed by atoms with van der Waals surface area (Å²) in [5.41, 5.74) is 4.26. The van der Waals surface area contributed by atoms with Crippen molar-refractivity contribution in [2.45, 2.75) is 6.92 Å². The average molecular weight is 365 g/mol. The molecule has 0 aliphatic heterocycles. The van der Waals surface area contributed by atoms with Crippen LogP contribution in [0.2, 0.25) is 0 Å². The molecular weight excluding hydrogens is 342 g/mol. The minimum absolute atomic E-state index is 0.913. The smallest absolute Gasteiger partial charge is 0.0730 e. The number of para-hydroxylation sites is 1. The van der Waals surface area contributed by atoms with Crippen LogP contribution in [0, 0.1) is 0 Å². The molecule has 4 rings (SSSR count). The number of hydrazone groups is 1. The van der Waals surface area contributed by atoms with Gasteiger partial charge in [0.1, 0.15) is 0 Å². The molecule has 0 radical (unpaired) electrons. The Labute approximate surface area is 165 Å². The summed E-state index contributed by atoms with van der Waals surface area (Å²) in [5.74, 6) is 0. The van der Waals surface area contributed by atoms with Crippen molar-refractivity contribution in [2.24, 2.45) is 5.10 Å². The summed E-state index contributed by atoms with van der Waals surface area (Å²) >= 11 is 0. The van der Waals surface area contributed by atoms with Gasteiger partial charge in [-0.15, -0.1) is 0 Å². The number of anilines is 3. The highest BCUT2D eigenvalue weighted by atomic mass is 15.5. The number of nitrogens with one attached hydrogen (secondary N) is 1. The Morgan fingerprint density at radius 3 is 2.29 bits per heavy atom. The van der Waals surface area contributed by atoms with Crippen LogP contribution in [0.5, 0.6) is 0 Å². The first-order valence-electron chi connectivity index (χ1n) is 9.56. The third-order valence-corrected chi connectivity index (χ3v) is 4.61. The minimum atomic E-state index is 0.913. The third kappa shape index (κ3) is 3.89. The summed E-state index contributed by atoms with van der Waals surface area (Å²) in [7, 11) is 0. The van der Waals surface area contributed by atoms with Gasteiger partial charge >= 0.3 is 0 Å². The summed E-state index contributed by atoms with van der Waals surface area (Å²) < 4.78 is 0. The first kappa shape index (κ1) is 17.8. The van der Waals surface area contributed by atoms with Crippen molar-refractivity contribution in [1.82, 2.24) is 0 Å². The number of benzene rings is 4. The molecule has 0 aliphatic carbocycles. The minimum Gasteiger partial charge on any atom is -0.385 e. The van der Waals surface area contributed by atoms with Gasteiger partial charge in [-0.2, -0.15) is 5.10 Å². The number of rotatable bonds is 6. The van der Waals surface area contributed by atoms with Gasteiger partial charge in [0, 0.05) is 17.6 Å². The molecule has 0 heterocycles. The van der Waals surface area contributed by atoms with Crippen LogP contribution < -0.4 is 10.3 Å². The SMILES string of the molecule is CCNc1ccc(/C=N/N(c2ccccc2)c2cccc3ccccc23)cc1. The molecule has 138 valence electrons. The molecule has 0 amide bonds. The van der Waals surface area contributed by atoms with Crippen LogP contribution in [-0.4, -0.2) is 12.8 Å². The molecule has 0 aromatic heterocycles. The summed E-state index contributed by atoms with van der Waals surface area (Å²) in [6.45, 7) is 3.01. The molecule has 3 heteroatoms. The summed E-state index contributed by atoms with van der Waals surface area (Å²) in [5, 5.41) is 12.5. The number of nitrogens with zero attached hydrogens (tertiary/aromatic N) is 2. The van der Waals surface area contributed by atoms with Crippen molar-refractivity contribution in [3.8, 4) is 0 Å². The zero-order valence-electron chi connectivity index (χ0n) is 15.9. The first-order valence-corrected chi connectivity index (χ1v) is 9.56. The quantitative estimate of drug-likeness (QED) is 0.314. The van der Waals surface area contributed by atoms with Crippen LogP contribution in [0.15, 0.2) is 102 Å². The van der Waals surface area contributed by atoms with Gasteiger partial charge in [0.05, 0.1) is 17.6 Å². The molecular formula is C25H23N3. The first-order chi connectivity index (χ1) is 13.8. The van der Waals surface area contributed by atoms with Gasteiger partial charge in [-0.25, -0.2) is 5.01 Å². The fourth-order valence-electron chi connectivity index (χ4n) is 3.25. The lowest BCUT2D eigenvalue weighted by atomic mass is 10.1. The Balaban J connectivity index is 1.74. The lowest BCUT2D eigenvalue weighted by Crippen LogP contribution is -2.10. The van der Waals surface area contributed by atoms with Crippen molar-refractivity contribution in [2.75, 3.05) is 16.9 Å². The number of hydrogen-bond donors (Lipinski definition) is 1. The average Bonchev–Trinajstić information content (AvgIpc) is 2.76. The summed E-state index contributed by atoms with van der Waals surface area (Å²) in [6.07, 6.45) is 1.91. The topological polar surface area (TPSA) is 27.6 Å². The van der Waals surface area contributed by atoms with E-state index in [0.717, 1.165) is 29.2 Å². The Hall–Kier alpha value is -3.59. The van der Waals surface area contributed by atoms with E-state index in [-0.39, 0.29) is 0 Å². The highest BCUT2D eigenvalue weighted by molar-refractivity contribution is 5.96. The monoisotopic (exact) mass is 365 g/mol. The van der Waals surface area contributed by atoms with Crippen LogP contribution in [-0.2, 0) is 0 Å². The molecule has 0 unspecified atom stereocenters. The molecule has 1 N–H and O–H groups in total. The standard InChI is InChI=1S/C25H23N3/c1-2-26-22-17-15-20(16-18-22)19-27-28(23-11-4-3-5-12-23)25-14-8-10-21-9-6-7-13-24(21)25/h3-19,26H,2H2,1H3/b27-19+. The second-order valence-electron chi connectivity index (χ2n) is 6.54. The van der Waals surface area contributed by atoms with Crippen LogP contribution in [0.25, 0.3) is 10.8 Å². The Morgan fingerprint density at radius 2 is 1.50 bits per heavy atom. The van der Waals surface area contributed by atoms with Gasteiger partial charge in [-0.05, 0) is 48.2 Å². The van der Waals surface area contributed by atoms with Crippen LogP contribution in [0.1, 0.15) is 12.5 Å². The maximum atomic E-state index is 4.85. The molecule has 28 heavy (non-hydrogen) atoms. The molecule has 0 spiro atoms. The van der Waals surface area contributed by atoms with E-state index in [1.807, 2.05) is 29.4 Å². The molecule has 0 atom stereocenters. The normalized spacial score (nSPS) is 11.0. The van der Waals surface area contributed by atoms with E-state index in [2.05, 4.69) is 91.1 Å². The van der Waals surface area contributed by atoms with E-state index in [9.17, 15) is 0 Å². The second kappa shape index (κ2) is 8.40. The van der Waals surface area contributed by atoms with Gasteiger partial charge in [-0.3, -0.25) is 0 Å². The van der Waals surface area contributed by atoms with E-state index in [4.69, 9.17) is 5.10 Å². The zero-order chi connectivity index (χ0) is 19.2. The summed E-state index contributed by atoms with van der Waals surface area (Å²) in [6, 6.07) is 33.3. The number of hydrogen-bond acceptors (Lipinski definition) is 3. The summed E-state index contributed by atoms with van der Waals surface area (Å²) in [4.78, 5) is 0. The highest BCUT2D eigenvalue weighted by Gasteiger charge is 2.11. The molecule has 0 aliphatic rings. The predicted molar refractivity (Wildman–Crippen MR) is 121 cm³/mol. The van der Waals surface area contributed by atoms with Gasteiger partial charge < -0.3 is 5.32 Å². The zero-order valence-corrected chi connectivity index (χ0v) is 15.9. The number of fused-ring (bicyclic) bond motifs is 1. The van der Waals surface area contributed by atoms with E-state index in [1.54, 1.807) is 0 Å². The maximum Gasteiger partial charge on any atom is 0.0730 e. The Bertz CT molecular complexity index is 1060. The fraction of sp³-hybridized carbons (Fsp3) is 0.0800. The van der Waals surface area contributed by atoms with Gasteiger partial charge in [0.15, 0.2) is 0 Å². The van der Waals surface area contributed by atoms with E-state index in [0.29, 0.717) is 0 Å². The molecule has 0 fully saturated rings. The molecule has 4 aromatic rings. The van der Waals surface area contributed by atoms with Crippen molar-refractivity contribution in [1.29, 1.82) is 0 Å². The fourth-order valence-corrected chi connectivity index (χ4v) is 3.25. The second-order valence-corrected chi connectivity index (χ2v) is 6.54. The van der Waals surface area contributed by atoms with Gasteiger partial charge in [0.25, 0.3) is 0 Å². The van der Waals surface area contributed by atoms with Crippen LogP contribution in [0.3, 0.4) is 0 Å². The van der Waals surface area contributed by atoms with Crippen molar-refractivity contribution >= 4 is 34.0 Å². The molecule has 0 bridgehead atoms.